The van der Waals surface area contributed by atoms with Crippen molar-refractivity contribution in [2.75, 3.05) is 0 Å². The topological polar surface area (TPSA) is 77.1 Å². The molecule has 186 valence electrons. The van der Waals surface area contributed by atoms with Gasteiger partial charge in [0, 0.05) is 13.0 Å². The Morgan fingerprint density at radius 2 is 1.74 bits per heavy atom. The van der Waals surface area contributed by atoms with Crippen molar-refractivity contribution < 1.29 is 9.90 Å². The minimum Gasteiger partial charge on any atom is -0.478 e. The third-order valence-corrected chi connectivity index (χ3v) is 7.17. The van der Waals surface area contributed by atoms with E-state index in [2.05, 4.69) is 6.92 Å². The highest BCUT2D eigenvalue weighted by Gasteiger charge is 2.19. The molecule has 4 rings (SSSR count). The monoisotopic (exact) mass is 475 g/mol. The van der Waals surface area contributed by atoms with Gasteiger partial charge in [0.05, 0.1) is 12.1 Å². The average Bonchev–Trinajstić information content (AvgIpc) is 3.16. The molecule has 0 radical (unpaired) electrons. The van der Waals surface area contributed by atoms with E-state index in [9.17, 15) is 14.7 Å². The van der Waals surface area contributed by atoms with Crippen molar-refractivity contribution in [3.05, 3.63) is 76.0 Å². The smallest absolute Gasteiger partial charge is 0.346 e. The molecule has 1 heterocycles. The van der Waals surface area contributed by atoms with Crippen molar-refractivity contribution >= 4 is 5.97 Å². The van der Waals surface area contributed by atoms with Crippen molar-refractivity contribution in [2.45, 2.75) is 84.2 Å². The van der Waals surface area contributed by atoms with E-state index in [1.165, 1.54) is 44.9 Å². The summed E-state index contributed by atoms with van der Waals surface area (Å²) in [6, 6.07) is 14.9. The number of aromatic nitrogens is 3. The molecule has 1 N–H and O–H groups in total. The molecule has 0 bridgehead atoms. The van der Waals surface area contributed by atoms with E-state index >= 15 is 0 Å². The van der Waals surface area contributed by atoms with Gasteiger partial charge in [-0.15, -0.1) is 0 Å². The molecule has 1 aliphatic rings. The SMILES string of the molecule is CCCCCCc1nn(CC2CCCCC2)c(=O)n1Cc1ccc(-c2ccccc2C(=O)O)cc1. The lowest BCUT2D eigenvalue weighted by molar-refractivity contribution is 0.0697. The zero-order valence-electron chi connectivity index (χ0n) is 20.8. The average molecular weight is 476 g/mol. The molecule has 2 aromatic carbocycles. The molecule has 0 saturated heterocycles. The number of nitrogens with zero attached hydrogens (tertiary/aromatic N) is 3. The van der Waals surface area contributed by atoms with E-state index in [0.29, 0.717) is 18.0 Å². The van der Waals surface area contributed by atoms with Crippen LogP contribution >= 0.6 is 0 Å². The summed E-state index contributed by atoms with van der Waals surface area (Å²) in [6.07, 6.45) is 11.6. The van der Waals surface area contributed by atoms with Gasteiger partial charge >= 0.3 is 11.7 Å². The van der Waals surface area contributed by atoms with Gasteiger partial charge in [-0.3, -0.25) is 4.57 Å². The van der Waals surface area contributed by atoms with Crippen LogP contribution in [0, 0.1) is 5.92 Å². The summed E-state index contributed by atoms with van der Waals surface area (Å²) in [6.45, 7) is 3.40. The quantitative estimate of drug-likeness (QED) is 0.337. The number of rotatable bonds is 11. The van der Waals surface area contributed by atoms with Crippen molar-refractivity contribution in [1.82, 2.24) is 14.3 Å². The van der Waals surface area contributed by atoms with Crippen molar-refractivity contribution in [3.8, 4) is 11.1 Å². The predicted octanol–water partition coefficient (Wildman–Crippen LogP) is 6.16. The van der Waals surface area contributed by atoms with Crippen LogP contribution in [0.15, 0.2) is 53.3 Å². The Balaban J connectivity index is 1.55. The van der Waals surface area contributed by atoms with Crippen LogP contribution in [0.1, 0.15) is 86.5 Å². The summed E-state index contributed by atoms with van der Waals surface area (Å²) in [7, 11) is 0. The Morgan fingerprint density at radius 3 is 2.46 bits per heavy atom. The number of aryl methyl sites for hydroxylation is 1. The summed E-state index contributed by atoms with van der Waals surface area (Å²) in [5, 5.41) is 14.3. The number of benzene rings is 2. The third kappa shape index (κ3) is 6.30. The van der Waals surface area contributed by atoms with Gasteiger partial charge in [-0.1, -0.05) is 87.9 Å². The summed E-state index contributed by atoms with van der Waals surface area (Å²) >= 11 is 0. The van der Waals surface area contributed by atoms with Gasteiger partial charge in [0.25, 0.3) is 0 Å². The zero-order chi connectivity index (χ0) is 24.6. The first-order valence-corrected chi connectivity index (χ1v) is 13.1. The molecule has 3 aromatic rings. The van der Waals surface area contributed by atoms with Crippen molar-refractivity contribution in [3.63, 3.8) is 0 Å². The number of carboxylic acid groups (broad SMARTS) is 1. The first-order valence-electron chi connectivity index (χ1n) is 13.1. The van der Waals surface area contributed by atoms with Gasteiger partial charge in [0.15, 0.2) is 0 Å². The van der Waals surface area contributed by atoms with Crippen molar-refractivity contribution in [2.24, 2.45) is 5.92 Å². The fourth-order valence-electron chi connectivity index (χ4n) is 5.17. The van der Waals surface area contributed by atoms with Crippen LogP contribution in [0.25, 0.3) is 11.1 Å². The van der Waals surface area contributed by atoms with E-state index < -0.39 is 5.97 Å². The van der Waals surface area contributed by atoms with Gasteiger partial charge < -0.3 is 5.11 Å². The normalized spacial score (nSPS) is 14.3. The van der Waals surface area contributed by atoms with E-state index in [-0.39, 0.29) is 11.3 Å². The van der Waals surface area contributed by atoms with E-state index in [1.54, 1.807) is 16.8 Å². The minimum atomic E-state index is -0.936. The van der Waals surface area contributed by atoms with Gasteiger partial charge in [-0.05, 0) is 47.9 Å². The fraction of sp³-hybridized carbons (Fsp3) is 0.483. The molecule has 0 amide bonds. The number of carboxylic acids is 1. The van der Waals surface area contributed by atoms with Crippen LogP contribution in [0.3, 0.4) is 0 Å². The van der Waals surface area contributed by atoms with Gasteiger partial charge in [-0.25, -0.2) is 14.3 Å². The van der Waals surface area contributed by atoms with E-state index in [0.717, 1.165) is 42.8 Å². The van der Waals surface area contributed by atoms with E-state index in [1.807, 2.05) is 41.0 Å². The standard InChI is InChI=1S/C29H37N3O3/c1-2-3-4-8-15-27-30-32(21-22-11-6-5-7-12-22)29(35)31(27)20-23-16-18-24(19-17-23)25-13-9-10-14-26(25)28(33)34/h9-10,13-14,16-19,22H,2-8,11-12,15,20-21H2,1H3,(H,33,34). The highest BCUT2D eigenvalue weighted by molar-refractivity contribution is 5.95. The number of hydrogen-bond donors (Lipinski definition) is 1. The summed E-state index contributed by atoms with van der Waals surface area (Å²) < 4.78 is 3.55. The maximum Gasteiger partial charge on any atom is 0.346 e. The lowest BCUT2D eigenvalue weighted by Crippen LogP contribution is -2.29. The van der Waals surface area contributed by atoms with Crippen molar-refractivity contribution in [1.29, 1.82) is 0 Å². The highest BCUT2D eigenvalue weighted by atomic mass is 16.4. The Kier molecular flexibility index (Phi) is 8.56. The summed E-state index contributed by atoms with van der Waals surface area (Å²) in [5.41, 5.74) is 2.83. The maximum absolute atomic E-state index is 13.4. The van der Waals surface area contributed by atoms with Gasteiger partial charge in [0.1, 0.15) is 5.82 Å². The molecule has 35 heavy (non-hydrogen) atoms. The summed E-state index contributed by atoms with van der Waals surface area (Å²) in [4.78, 5) is 25.0. The molecular weight excluding hydrogens is 438 g/mol. The van der Waals surface area contributed by atoms with Gasteiger partial charge in [-0.2, -0.15) is 5.10 Å². The zero-order valence-corrected chi connectivity index (χ0v) is 20.8. The maximum atomic E-state index is 13.4. The molecule has 6 heteroatoms. The molecule has 1 fully saturated rings. The second-order valence-electron chi connectivity index (χ2n) is 9.83. The lowest BCUT2D eigenvalue weighted by Gasteiger charge is -2.20. The Morgan fingerprint density at radius 1 is 1.00 bits per heavy atom. The minimum absolute atomic E-state index is 0.0126. The largest absolute Gasteiger partial charge is 0.478 e. The number of carbonyl (C=O) groups is 1. The van der Waals surface area contributed by atoms with Crippen LogP contribution in [0.2, 0.25) is 0 Å². The predicted molar refractivity (Wildman–Crippen MR) is 139 cm³/mol. The molecule has 6 nitrogen and oxygen atoms in total. The first kappa shape index (κ1) is 25.0. The molecule has 0 spiro atoms. The molecule has 1 aliphatic carbocycles. The molecule has 0 unspecified atom stereocenters. The molecule has 0 atom stereocenters. The Bertz CT molecular complexity index is 1170. The molecule has 1 aromatic heterocycles. The van der Waals surface area contributed by atoms with E-state index in [4.69, 9.17) is 5.10 Å². The molecule has 0 aliphatic heterocycles. The second-order valence-corrected chi connectivity index (χ2v) is 9.83. The Labute approximate surface area is 207 Å². The van der Waals surface area contributed by atoms with Crippen LogP contribution < -0.4 is 5.69 Å². The summed E-state index contributed by atoms with van der Waals surface area (Å²) in [5.74, 6) is 0.489. The number of aromatic carboxylic acids is 1. The molecule has 1 saturated carbocycles. The molecular formula is C29H37N3O3. The van der Waals surface area contributed by atoms with Gasteiger partial charge in [0.2, 0.25) is 0 Å². The lowest BCUT2D eigenvalue weighted by atomic mass is 9.89. The first-order chi connectivity index (χ1) is 17.1. The Hall–Kier alpha value is -3.15. The van der Waals surface area contributed by atoms with Crippen LogP contribution in [0.4, 0.5) is 0 Å². The second kappa shape index (κ2) is 12.0. The number of unbranched alkanes of at least 4 members (excludes halogenated alkanes) is 3. The van der Waals surface area contributed by atoms with Crippen LogP contribution in [0.5, 0.6) is 0 Å². The van der Waals surface area contributed by atoms with Crippen LogP contribution in [-0.2, 0) is 19.5 Å². The highest BCUT2D eigenvalue weighted by Crippen LogP contribution is 2.26. The number of hydrogen-bond acceptors (Lipinski definition) is 3. The third-order valence-electron chi connectivity index (χ3n) is 7.17. The fourth-order valence-corrected chi connectivity index (χ4v) is 5.17. The van der Waals surface area contributed by atoms with Crippen LogP contribution in [-0.4, -0.2) is 25.4 Å².